The van der Waals surface area contributed by atoms with Gasteiger partial charge in [0, 0.05) is 6.04 Å². The summed E-state index contributed by atoms with van der Waals surface area (Å²) in [5, 5.41) is 4.17. The number of thiazole rings is 1. The number of para-hydroxylation sites is 1. The number of fused-ring (bicyclic) bond motifs is 1. The zero-order valence-electron chi connectivity index (χ0n) is 13.4. The molecule has 2 aromatic rings. The summed E-state index contributed by atoms with van der Waals surface area (Å²) < 4.78 is 1.20. The van der Waals surface area contributed by atoms with Gasteiger partial charge in [0.15, 0.2) is 0 Å². The van der Waals surface area contributed by atoms with Crippen LogP contribution in [-0.4, -0.2) is 35.4 Å². The molecule has 3 rings (SSSR count). The summed E-state index contributed by atoms with van der Waals surface area (Å²) in [6.07, 6.45) is 2.50. The van der Waals surface area contributed by atoms with Crippen LogP contribution < -0.4 is 5.32 Å². The smallest absolute Gasteiger partial charge is 0.234 e. The van der Waals surface area contributed by atoms with E-state index in [1.165, 1.54) is 17.5 Å². The maximum Gasteiger partial charge on any atom is 0.234 e. The zero-order chi connectivity index (χ0) is 15.7. The lowest BCUT2D eigenvalue weighted by Gasteiger charge is -2.23. The lowest BCUT2D eigenvalue weighted by molar-refractivity contribution is -0.123. The highest BCUT2D eigenvalue weighted by atomic mass is 32.1. The van der Waals surface area contributed by atoms with Gasteiger partial charge in [-0.25, -0.2) is 4.98 Å². The molecular formula is C17H23N3OS. The Kier molecular flexibility index (Phi) is 4.45. The first kappa shape index (κ1) is 15.4. The maximum atomic E-state index is 12.1. The maximum absolute atomic E-state index is 12.1. The van der Waals surface area contributed by atoms with Crippen LogP contribution in [0.1, 0.15) is 37.7 Å². The monoisotopic (exact) mass is 317 g/mol. The number of amides is 1. The molecule has 1 aliphatic rings. The minimum absolute atomic E-state index is 0.106. The van der Waals surface area contributed by atoms with Crippen molar-refractivity contribution in [2.45, 2.75) is 38.8 Å². The van der Waals surface area contributed by atoms with E-state index in [1.54, 1.807) is 11.3 Å². The van der Waals surface area contributed by atoms with Crippen LogP contribution in [0.3, 0.4) is 0 Å². The predicted octanol–water partition coefficient (Wildman–Crippen LogP) is 3.20. The Hall–Kier alpha value is -1.46. The van der Waals surface area contributed by atoms with E-state index in [1.807, 2.05) is 25.2 Å². The van der Waals surface area contributed by atoms with Crippen LogP contribution in [0.25, 0.3) is 10.2 Å². The van der Waals surface area contributed by atoms with Gasteiger partial charge in [0.1, 0.15) is 5.01 Å². The minimum Gasteiger partial charge on any atom is -0.352 e. The second-order valence-electron chi connectivity index (χ2n) is 6.30. The predicted molar refractivity (Wildman–Crippen MR) is 91.0 cm³/mol. The molecule has 4 nitrogen and oxygen atoms in total. The van der Waals surface area contributed by atoms with E-state index in [-0.39, 0.29) is 11.9 Å². The van der Waals surface area contributed by atoms with Crippen LogP contribution in [-0.2, 0) is 4.79 Å². The highest BCUT2D eigenvalue weighted by Gasteiger charge is 2.29. The number of likely N-dealkylation sites (N-methyl/N-ethyl adjacent to an activating group) is 1. The topological polar surface area (TPSA) is 45.2 Å². The SMILES string of the molecule is C[C@H](NC(=O)CN(C)[C@H](C)c1nc2ccccc2s1)C1CC1. The fourth-order valence-electron chi connectivity index (χ4n) is 2.63. The van der Waals surface area contributed by atoms with Crippen LogP contribution >= 0.6 is 11.3 Å². The highest BCUT2D eigenvalue weighted by Crippen LogP contribution is 2.32. The second kappa shape index (κ2) is 6.34. The van der Waals surface area contributed by atoms with Gasteiger partial charge in [-0.2, -0.15) is 0 Å². The third kappa shape index (κ3) is 3.47. The van der Waals surface area contributed by atoms with E-state index >= 15 is 0 Å². The Balaban J connectivity index is 1.60. The van der Waals surface area contributed by atoms with Gasteiger partial charge in [0.2, 0.25) is 5.91 Å². The summed E-state index contributed by atoms with van der Waals surface area (Å²) in [6, 6.07) is 8.61. The van der Waals surface area contributed by atoms with Gasteiger partial charge in [0.25, 0.3) is 0 Å². The summed E-state index contributed by atoms with van der Waals surface area (Å²) in [5.74, 6) is 0.797. The summed E-state index contributed by atoms with van der Waals surface area (Å²) in [5.41, 5.74) is 1.04. The summed E-state index contributed by atoms with van der Waals surface area (Å²) in [4.78, 5) is 18.9. The molecule has 0 saturated heterocycles. The molecule has 1 N–H and O–H groups in total. The molecule has 0 radical (unpaired) electrons. The molecule has 0 unspecified atom stereocenters. The van der Waals surface area contributed by atoms with E-state index in [4.69, 9.17) is 0 Å². The van der Waals surface area contributed by atoms with E-state index in [9.17, 15) is 4.79 Å². The number of rotatable bonds is 6. The molecule has 1 aromatic carbocycles. The first-order valence-corrected chi connectivity index (χ1v) is 8.71. The van der Waals surface area contributed by atoms with E-state index in [0.717, 1.165) is 10.5 Å². The molecule has 118 valence electrons. The van der Waals surface area contributed by atoms with Gasteiger partial charge >= 0.3 is 0 Å². The van der Waals surface area contributed by atoms with Gasteiger partial charge in [-0.1, -0.05) is 12.1 Å². The molecule has 1 fully saturated rings. The molecule has 5 heteroatoms. The van der Waals surface area contributed by atoms with E-state index in [2.05, 4.69) is 35.1 Å². The van der Waals surface area contributed by atoms with Crippen molar-refractivity contribution in [2.24, 2.45) is 5.92 Å². The Morgan fingerprint density at radius 2 is 2.14 bits per heavy atom. The number of nitrogens with one attached hydrogen (secondary N) is 1. The Morgan fingerprint density at radius 3 is 2.82 bits per heavy atom. The molecule has 1 aliphatic carbocycles. The number of nitrogens with zero attached hydrogens (tertiary/aromatic N) is 2. The average Bonchev–Trinajstić information content (AvgIpc) is 3.25. The van der Waals surface area contributed by atoms with Crippen molar-refractivity contribution >= 4 is 27.5 Å². The quantitative estimate of drug-likeness (QED) is 0.890. The summed E-state index contributed by atoms with van der Waals surface area (Å²) >= 11 is 1.71. The van der Waals surface area contributed by atoms with Crippen molar-refractivity contribution in [3.63, 3.8) is 0 Å². The normalized spacial score (nSPS) is 17.6. The lowest BCUT2D eigenvalue weighted by atomic mass is 10.2. The Labute approximate surface area is 135 Å². The first-order chi connectivity index (χ1) is 10.5. The van der Waals surface area contributed by atoms with Gasteiger partial charge in [-0.3, -0.25) is 9.69 Å². The zero-order valence-corrected chi connectivity index (χ0v) is 14.2. The molecule has 0 spiro atoms. The van der Waals surface area contributed by atoms with Crippen LogP contribution in [0.15, 0.2) is 24.3 Å². The molecule has 1 saturated carbocycles. The van der Waals surface area contributed by atoms with Crippen molar-refractivity contribution < 1.29 is 4.79 Å². The van der Waals surface area contributed by atoms with Crippen LogP contribution in [0.4, 0.5) is 0 Å². The number of hydrogen-bond acceptors (Lipinski definition) is 4. The standard InChI is InChI=1S/C17H23N3OS/c1-11(13-8-9-13)18-16(21)10-20(3)12(2)17-19-14-6-4-5-7-15(14)22-17/h4-7,11-13H,8-10H2,1-3H3,(H,18,21)/t11-,12+/m0/s1. The number of aromatic nitrogens is 1. The molecule has 1 aromatic heterocycles. The Morgan fingerprint density at radius 1 is 1.41 bits per heavy atom. The van der Waals surface area contributed by atoms with Crippen LogP contribution in [0, 0.1) is 5.92 Å². The summed E-state index contributed by atoms with van der Waals surface area (Å²) in [7, 11) is 1.98. The van der Waals surface area contributed by atoms with Crippen molar-refractivity contribution in [3.8, 4) is 0 Å². The van der Waals surface area contributed by atoms with Gasteiger partial charge in [-0.05, 0) is 51.8 Å². The third-order valence-electron chi connectivity index (χ3n) is 4.44. The Bertz CT molecular complexity index is 632. The van der Waals surface area contributed by atoms with E-state index < -0.39 is 0 Å². The largest absolute Gasteiger partial charge is 0.352 e. The van der Waals surface area contributed by atoms with Gasteiger partial charge < -0.3 is 5.32 Å². The molecule has 0 bridgehead atoms. The number of carbonyl (C=O) groups is 1. The lowest BCUT2D eigenvalue weighted by Crippen LogP contribution is -2.41. The molecule has 22 heavy (non-hydrogen) atoms. The van der Waals surface area contributed by atoms with Crippen LogP contribution in [0.5, 0.6) is 0 Å². The average molecular weight is 317 g/mol. The van der Waals surface area contributed by atoms with Crippen molar-refractivity contribution in [2.75, 3.05) is 13.6 Å². The summed E-state index contributed by atoms with van der Waals surface area (Å²) in [6.45, 7) is 4.62. The number of hydrogen-bond donors (Lipinski definition) is 1. The van der Waals surface area contributed by atoms with Crippen LogP contribution in [0.2, 0.25) is 0 Å². The van der Waals surface area contributed by atoms with Crippen molar-refractivity contribution in [1.82, 2.24) is 15.2 Å². The first-order valence-electron chi connectivity index (χ1n) is 7.89. The number of benzene rings is 1. The molecule has 2 atom stereocenters. The third-order valence-corrected chi connectivity index (χ3v) is 5.65. The minimum atomic E-state index is 0.106. The molecule has 0 aliphatic heterocycles. The van der Waals surface area contributed by atoms with Gasteiger partial charge in [0.05, 0.1) is 22.8 Å². The molecule has 1 heterocycles. The van der Waals surface area contributed by atoms with Crippen molar-refractivity contribution in [1.29, 1.82) is 0 Å². The fraction of sp³-hybridized carbons (Fsp3) is 0.529. The fourth-order valence-corrected chi connectivity index (χ4v) is 3.72. The van der Waals surface area contributed by atoms with E-state index in [0.29, 0.717) is 18.5 Å². The van der Waals surface area contributed by atoms with Gasteiger partial charge in [-0.15, -0.1) is 11.3 Å². The van der Waals surface area contributed by atoms with Crippen molar-refractivity contribution in [3.05, 3.63) is 29.3 Å². The molecular weight excluding hydrogens is 294 g/mol. The molecule has 1 amide bonds. The number of carbonyl (C=O) groups excluding carboxylic acids is 1. The second-order valence-corrected chi connectivity index (χ2v) is 7.37. The highest BCUT2D eigenvalue weighted by molar-refractivity contribution is 7.18.